The van der Waals surface area contributed by atoms with Crippen molar-refractivity contribution in [2.75, 3.05) is 0 Å². The number of halogens is 1. The van der Waals surface area contributed by atoms with Gasteiger partial charge in [-0.15, -0.1) is 0 Å². The van der Waals surface area contributed by atoms with Crippen LogP contribution in [-0.4, -0.2) is 19.4 Å². The molecule has 1 aromatic heterocycles. The van der Waals surface area contributed by atoms with Gasteiger partial charge in [-0.25, -0.2) is 13.6 Å². The van der Waals surface area contributed by atoms with E-state index in [1.54, 1.807) is 24.3 Å². The summed E-state index contributed by atoms with van der Waals surface area (Å²) in [6.45, 7) is 0.171. The maximum Gasteiger partial charge on any atom is 0.310 e. The fourth-order valence-corrected chi connectivity index (χ4v) is 3.86. The van der Waals surface area contributed by atoms with Crippen LogP contribution in [-0.2, 0) is 32.6 Å². The SMILES string of the molecule is NS(=O)(=O)c1ccc(-c2c(-c3ccc(Cl)cc3)[nH]c3c2CC(=O)OC3)cc1. The van der Waals surface area contributed by atoms with Crippen LogP contribution in [0.15, 0.2) is 53.4 Å². The molecule has 0 radical (unpaired) electrons. The minimum absolute atomic E-state index is 0.0307. The summed E-state index contributed by atoms with van der Waals surface area (Å²) in [5.74, 6) is -0.299. The van der Waals surface area contributed by atoms with Crippen LogP contribution in [0.2, 0.25) is 5.02 Å². The van der Waals surface area contributed by atoms with Gasteiger partial charge in [-0.1, -0.05) is 35.9 Å². The topological polar surface area (TPSA) is 102 Å². The number of carbonyl (C=O) groups is 1. The summed E-state index contributed by atoms with van der Waals surface area (Å²) < 4.78 is 28.2. The van der Waals surface area contributed by atoms with E-state index in [4.69, 9.17) is 21.5 Å². The first-order valence-corrected chi connectivity index (χ1v) is 10.0. The number of benzene rings is 2. The van der Waals surface area contributed by atoms with Gasteiger partial charge in [-0.2, -0.15) is 0 Å². The number of nitrogens with two attached hydrogens (primary N) is 1. The smallest absolute Gasteiger partial charge is 0.310 e. The van der Waals surface area contributed by atoms with Crippen LogP contribution >= 0.6 is 11.6 Å². The summed E-state index contributed by atoms with van der Waals surface area (Å²) >= 11 is 5.99. The van der Waals surface area contributed by atoms with Crippen molar-refractivity contribution in [1.29, 1.82) is 0 Å². The van der Waals surface area contributed by atoms with Crippen molar-refractivity contribution in [2.24, 2.45) is 5.14 Å². The van der Waals surface area contributed by atoms with E-state index in [-0.39, 0.29) is 23.9 Å². The highest BCUT2D eigenvalue weighted by Crippen LogP contribution is 2.39. The Hall–Kier alpha value is -2.61. The fraction of sp³-hybridized carbons (Fsp3) is 0.105. The molecule has 0 saturated heterocycles. The van der Waals surface area contributed by atoms with Crippen molar-refractivity contribution >= 4 is 27.6 Å². The van der Waals surface area contributed by atoms with Crippen molar-refractivity contribution in [3.8, 4) is 22.4 Å². The molecule has 8 heteroatoms. The maximum absolute atomic E-state index is 11.8. The Labute approximate surface area is 161 Å². The molecule has 0 unspecified atom stereocenters. The van der Waals surface area contributed by atoms with Gasteiger partial charge in [0.1, 0.15) is 6.61 Å². The van der Waals surface area contributed by atoms with E-state index in [1.165, 1.54) is 12.1 Å². The Kier molecular flexibility index (Phi) is 4.30. The summed E-state index contributed by atoms with van der Waals surface area (Å²) in [6.07, 6.45) is 0.145. The number of primary sulfonamides is 1. The third-order valence-electron chi connectivity index (χ3n) is 4.49. The maximum atomic E-state index is 11.8. The Morgan fingerprint density at radius 1 is 1.00 bits per heavy atom. The van der Waals surface area contributed by atoms with Crippen molar-refractivity contribution < 1.29 is 17.9 Å². The highest BCUT2D eigenvalue weighted by atomic mass is 35.5. The molecule has 0 fully saturated rings. The van der Waals surface area contributed by atoms with Crippen LogP contribution in [0, 0.1) is 0 Å². The predicted molar refractivity (Wildman–Crippen MR) is 102 cm³/mol. The highest BCUT2D eigenvalue weighted by Gasteiger charge is 2.26. The summed E-state index contributed by atoms with van der Waals surface area (Å²) in [7, 11) is -3.78. The van der Waals surface area contributed by atoms with Gasteiger partial charge in [0.05, 0.1) is 22.7 Å². The average molecular weight is 403 g/mol. The molecule has 2 aromatic carbocycles. The molecule has 4 rings (SSSR count). The van der Waals surface area contributed by atoms with Gasteiger partial charge in [-0.05, 0) is 41.0 Å². The van der Waals surface area contributed by atoms with E-state index in [2.05, 4.69) is 4.98 Å². The number of aromatic nitrogens is 1. The number of ether oxygens (including phenoxy) is 1. The van der Waals surface area contributed by atoms with Crippen LogP contribution in [0.1, 0.15) is 11.3 Å². The zero-order valence-electron chi connectivity index (χ0n) is 14.0. The molecule has 0 spiro atoms. The molecule has 0 saturated carbocycles. The number of cyclic esters (lactones) is 1. The standard InChI is InChI=1S/C19H15ClN2O4S/c20-13-5-1-12(2-6-13)19-18(15-9-17(23)26-10-16(15)22-19)11-3-7-14(8-4-11)27(21,24)25/h1-8,22H,9-10H2,(H2,21,24,25). The van der Waals surface area contributed by atoms with Crippen molar-refractivity contribution in [3.05, 3.63) is 64.8 Å². The van der Waals surface area contributed by atoms with Crippen molar-refractivity contribution in [1.82, 2.24) is 4.98 Å². The lowest BCUT2D eigenvalue weighted by Gasteiger charge is -2.14. The summed E-state index contributed by atoms with van der Waals surface area (Å²) in [5, 5.41) is 5.80. The summed E-state index contributed by atoms with van der Waals surface area (Å²) in [4.78, 5) is 15.2. The number of fused-ring (bicyclic) bond motifs is 1. The van der Waals surface area contributed by atoms with Gasteiger partial charge >= 0.3 is 5.97 Å². The first-order valence-electron chi connectivity index (χ1n) is 8.11. The quantitative estimate of drug-likeness (QED) is 0.656. The monoisotopic (exact) mass is 402 g/mol. The number of H-pyrrole nitrogens is 1. The van der Waals surface area contributed by atoms with E-state index in [9.17, 15) is 13.2 Å². The molecule has 6 nitrogen and oxygen atoms in total. The number of esters is 1. The van der Waals surface area contributed by atoms with Gasteiger partial charge in [0, 0.05) is 10.6 Å². The summed E-state index contributed by atoms with van der Waals surface area (Å²) in [6, 6.07) is 13.6. The van der Waals surface area contributed by atoms with Crippen LogP contribution in [0.25, 0.3) is 22.4 Å². The summed E-state index contributed by atoms with van der Waals surface area (Å²) in [5.41, 5.74) is 5.00. The van der Waals surface area contributed by atoms with E-state index >= 15 is 0 Å². The number of nitrogens with one attached hydrogen (secondary N) is 1. The lowest BCUT2D eigenvalue weighted by molar-refractivity contribution is -0.145. The van der Waals surface area contributed by atoms with Crippen molar-refractivity contribution in [2.45, 2.75) is 17.9 Å². The third kappa shape index (κ3) is 3.37. The van der Waals surface area contributed by atoms with E-state index in [0.717, 1.165) is 33.6 Å². The van der Waals surface area contributed by atoms with Crippen LogP contribution < -0.4 is 5.14 Å². The van der Waals surface area contributed by atoms with Gasteiger partial charge < -0.3 is 9.72 Å². The lowest BCUT2D eigenvalue weighted by atomic mass is 9.95. The van der Waals surface area contributed by atoms with Crippen molar-refractivity contribution in [3.63, 3.8) is 0 Å². The second-order valence-electron chi connectivity index (χ2n) is 6.25. The Bertz CT molecular complexity index is 1130. The van der Waals surface area contributed by atoms with E-state index in [0.29, 0.717) is 5.02 Å². The molecule has 1 aliphatic heterocycles. The highest BCUT2D eigenvalue weighted by molar-refractivity contribution is 7.89. The molecular weight excluding hydrogens is 388 g/mol. The van der Waals surface area contributed by atoms with Gasteiger partial charge in [-0.3, -0.25) is 4.79 Å². The van der Waals surface area contributed by atoms with E-state index < -0.39 is 10.0 Å². The number of rotatable bonds is 3. The zero-order chi connectivity index (χ0) is 19.2. The van der Waals surface area contributed by atoms with Crippen LogP contribution in [0.5, 0.6) is 0 Å². The number of sulfonamides is 1. The molecule has 27 heavy (non-hydrogen) atoms. The minimum Gasteiger partial charge on any atom is -0.459 e. The minimum atomic E-state index is -3.78. The van der Waals surface area contributed by atoms with Crippen LogP contribution in [0.4, 0.5) is 0 Å². The molecule has 0 bridgehead atoms. The number of carbonyl (C=O) groups excluding carboxylic acids is 1. The number of hydrogen-bond acceptors (Lipinski definition) is 4. The molecule has 1 aliphatic rings. The largest absolute Gasteiger partial charge is 0.459 e. The molecule has 0 aliphatic carbocycles. The first kappa shape index (κ1) is 17.8. The third-order valence-corrected chi connectivity index (χ3v) is 5.68. The van der Waals surface area contributed by atoms with Crippen LogP contribution in [0.3, 0.4) is 0 Å². The number of aromatic amines is 1. The molecule has 3 N–H and O–H groups in total. The molecular formula is C19H15ClN2O4S. The number of hydrogen-bond donors (Lipinski definition) is 2. The average Bonchev–Trinajstić information content (AvgIpc) is 3.00. The lowest BCUT2D eigenvalue weighted by Crippen LogP contribution is -2.15. The molecule has 0 amide bonds. The van der Waals surface area contributed by atoms with E-state index in [1.807, 2.05) is 12.1 Å². The molecule has 3 aromatic rings. The van der Waals surface area contributed by atoms with Gasteiger partial charge in [0.2, 0.25) is 10.0 Å². The normalized spacial score (nSPS) is 13.9. The first-order chi connectivity index (χ1) is 12.8. The molecule has 2 heterocycles. The molecule has 138 valence electrons. The Balaban J connectivity index is 1.91. The fourth-order valence-electron chi connectivity index (χ4n) is 3.22. The van der Waals surface area contributed by atoms with Gasteiger partial charge in [0.25, 0.3) is 0 Å². The second-order valence-corrected chi connectivity index (χ2v) is 8.24. The molecule has 0 atom stereocenters. The zero-order valence-corrected chi connectivity index (χ0v) is 15.6. The van der Waals surface area contributed by atoms with Gasteiger partial charge in [0.15, 0.2) is 0 Å². The Morgan fingerprint density at radius 2 is 1.63 bits per heavy atom. The Morgan fingerprint density at radius 3 is 2.26 bits per heavy atom. The second kappa shape index (κ2) is 6.53. The predicted octanol–water partition coefficient (Wildman–Crippen LogP) is 3.25.